The number of carbonyl (C=O) groups is 1. The minimum Gasteiger partial charge on any atom is -0.328 e. The third-order valence-electron chi connectivity index (χ3n) is 5.10. The molecule has 2 aromatic carbocycles. The number of carbonyl (C=O) groups excluding carboxylic acids is 1. The molecule has 4 rings (SSSR count). The number of nitrogens with zero attached hydrogens (tertiary/aromatic N) is 1. The van der Waals surface area contributed by atoms with Gasteiger partial charge in [-0.05, 0) is 54.7 Å². The van der Waals surface area contributed by atoms with Gasteiger partial charge in [0.1, 0.15) is 0 Å². The van der Waals surface area contributed by atoms with Crippen LogP contribution in [0.5, 0.6) is 0 Å². The summed E-state index contributed by atoms with van der Waals surface area (Å²) < 4.78 is 0. The molecule has 0 unspecified atom stereocenters. The number of anilines is 1. The molecule has 3 aromatic rings. The first kappa shape index (κ1) is 18.6. The van der Waals surface area contributed by atoms with E-state index in [0.717, 1.165) is 41.3 Å². The first-order valence-corrected chi connectivity index (χ1v) is 10.5. The normalized spacial score (nSPS) is 14.7. The SMILES string of the molecule is O=C(Nc1cccc(CSc2ccccn2)c1)NC1(c2ccccc2)CCC1. The highest BCUT2D eigenvalue weighted by Gasteiger charge is 2.39. The molecule has 5 heteroatoms. The van der Waals surface area contributed by atoms with Gasteiger partial charge >= 0.3 is 6.03 Å². The Hall–Kier alpha value is -2.79. The van der Waals surface area contributed by atoms with E-state index in [1.54, 1.807) is 18.0 Å². The molecule has 0 bridgehead atoms. The van der Waals surface area contributed by atoms with Crippen LogP contribution >= 0.6 is 11.8 Å². The molecule has 142 valence electrons. The second-order valence-corrected chi connectivity index (χ2v) is 8.03. The van der Waals surface area contributed by atoms with Crippen LogP contribution in [0.4, 0.5) is 10.5 Å². The van der Waals surface area contributed by atoms with Crippen LogP contribution in [0.25, 0.3) is 0 Å². The maximum Gasteiger partial charge on any atom is 0.319 e. The molecule has 1 aliphatic carbocycles. The molecular formula is C23H23N3OS. The minimum atomic E-state index is -0.238. The van der Waals surface area contributed by atoms with E-state index in [9.17, 15) is 4.79 Å². The predicted octanol–water partition coefficient (Wildman–Crippen LogP) is 5.57. The lowest BCUT2D eigenvalue weighted by atomic mass is 9.72. The molecule has 28 heavy (non-hydrogen) atoms. The zero-order chi connectivity index (χ0) is 19.2. The van der Waals surface area contributed by atoms with Gasteiger partial charge in [-0.2, -0.15) is 0 Å². The van der Waals surface area contributed by atoms with Crippen molar-refractivity contribution >= 4 is 23.5 Å². The second-order valence-electron chi connectivity index (χ2n) is 7.04. The number of urea groups is 1. The Morgan fingerprint density at radius 3 is 2.54 bits per heavy atom. The topological polar surface area (TPSA) is 54.0 Å². The number of aromatic nitrogens is 1. The second kappa shape index (κ2) is 8.48. The predicted molar refractivity (Wildman–Crippen MR) is 114 cm³/mol. The van der Waals surface area contributed by atoms with Crippen LogP contribution in [0.1, 0.15) is 30.4 Å². The van der Waals surface area contributed by atoms with Crippen molar-refractivity contribution in [2.24, 2.45) is 0 Å². The Balaban J connectivity index is 1.38. The van der Waals surface area contributed by atoms with Crippen LogP contribution in [0.3, 0.4) is 0 Å². The van der Waals surface area contributed by atoms with Crippen molar-refractivity contribution in [3.8, 4) is 0 Å². The molecule has 0 saturated heterocycles. The average molecular weight is 390 g/mol. The highest BCUT2D eigenvalue weighted by Crippen LogP contribution is 2.41. The summed E-state index contributed by atoms with van der Waals surface area (Å²) >= 11 is 1.68. The van der Waals surface area contributed by atoms with E-state index in [1.165, 1.54) is 5.56 Å². The van der Waals surface area contributed by atoms with Gasteiger partial charge in [-0.25, -0.2) is 9.78 Å². The number of thioether (sulfide) groups is 1. The van der Waals surface area contributed by atoms with Gasteiger partial charge < -0.3 is 10.6 Å². The summed E-state index contributed by atoms with van der Waals surface area (Å²) in [6, 6.07) is 24.0. The number of nitrogens with one attached hydrogen (secondary N) is 2. The van der Waals surface area contributed by atoms with Crippen LogP contribution in [0, 0.1) is 0 Å². The Bertz CT molecular complexity index is 927. The molecule has 2 amide bonds. The lowest BCUT2D eigenvalue weighted by Gasteiger charge is -2.43. The molecular weight excluding hydrogens is 366 g/mol. The van der Waals surface area contributed by atoms with Crippen LogP contribution in [0.15, 0.2) is 84.0 Å². The summed E-state index contributed by atoms with van der Waals surface area (Å²) in [4.78, 5) is 17.0. The molecule has 0 aliphatic heterocycles. The molecule has 1 aromatic heterocycles. The first-order valence-electron chi connectivity index (χ1n) is 9.51. The summed E-state index contributed by atoms with van der Waals surface area (Å²) in [5, 5.41) is 7.20. The molecule has 4 nitrogen and oxygen atoms in total. The van der Waals surface area contributed by atoms with Gasteiger partial charge in [-0.1, -0.05) is 48.5 Å². The van der Waals surface area contributed by atoms with Gasteiger partial charge in [0, 0.05) is 17.6 Å². The quantitative estimate of drug-likeness (QED) is 0.542. The fourth-order valence-corrected chi connectivity index (χ4v) is 4.29. The number of hydrogen-bond donors (Lipinski definition) is 2. The molecule has 1 saturated carbocycles. The fourth-order valence-electron chi connectivity index (χ4n) is 3.48. The van der Waals surface area contributed by atoms with Crippen molar-refractivity contribution in [2.45, 2.75) is 35.6 Å². The molecule has 1 aliphatic rings. The van der Waals surface area contributed by atoms with Crippen LogP contribution in [-0.4, -0.2) is 11.0 Å². The van der Waals surface area contributed by atoms with Crippen molar-refractivity contribution in [1.29, 1.82) is 0 Å². The number of hydrogen-bond acceptors (Lipinski definition) is 3. The zero-order valence-electron chi connectivity index (χ0n) is 15.6. The summed E-state index contributed by atoms with van der Waals surface area (Å²) in [6.45, 7) is 0. The lowest BCUT2D eigenvalue weighted by Crippen LogP contribution is -2.52. The molecule has 0 atom stereocenters. The number of benzene rings is 2. The summed E-state index contributed by atoms with van der Waals surface area (Å²) in [7, 11) is 0. The van der Waals surface area contributed by atoms with E-state index in [2.05, 4.69) is 33.8 Å². The standard InChI is InChI=1S/C23H23N3OS/c27-22(26-23(13-7-14-23)19-9-2-1-3-10-19)25-20-11-6-8-18(16-20)17-28-21-12-4-5-15-24-21/h1-6,8-12,15-16H,7,13-14,17H2,(H2,25,26,27). The van der Waals surface area contributed by atoms with Crippen LogP contribution < -0.4 is 10.6 Å². The largest absolute Gasteiger partial charge is 0.328 e. The van der Waals surface area contributed by atoms with E-state index in [1.807, 2.05) is 54.6 Å². The van der Waals surface area contributed by atoms with Gasteiger partial charge in [0.15, 0.2) is 0 Å². The summed E-state index contributed by atoms with van der Waals surface area (Å²) in [6.07, 6.45) is 4.89. The lowest BCUT2D eigenvalue weighted by molar-refractivity contribution is 0.185. The Kier molecular flexibility index (Phi) is 5.63. The summed E-state index contributed by atoms with van der Waals surface area (Å²) in [5.74, 6) is 0.808. The summed E-state index contributed by atoms with van der Waals surface area (Å²) in [5.41, 5.74) is 2.89. The van der Waals surface area contributed by atoms with Crippen molar-refractivity contribution < 1.29 is 4.79 Å². The van der Waals surface area contributed by atoms with Crippen molar-refractivity contribution in [2.75, 3.05) is 5.32 Å². The van der Waals surface area contributed by atoms with Crippen LogP contribution in [0.2, 0.25) is 0 Å². The van der Waals surface area contributed by atoms with Gasteiger partial charge in [0.05, 0.1) is 10.6 Å². The van der Waals surface area contributed by atoms with E-state index in [0.29, 0.717) is 0 Å². The highest BCUT2D eigenvalue weighted by atomic mass is 32.2. The number of amides is 2. The third-order valence-corrected chi connectivity index (χ3v) is 6.11. The molecule has 0 radical (unpaired) electrons. The van der Waals surface area contributed by atoms with E-state index < -0.39 is 0 Å². The van der Waals surface area contributed by atoms with Gasteiger partial charge in [-0.15, -0.1) is 11.8 Å². The monoisotopic (exact) mass is 389 g/mol. The minimum absolute atomic E-state index is 0.155. The Labute approximate surface area is 169 Å². The molecule has 1 heterocycles. The Morgan fingerprint density at radius 1 is 1.00 bits per heavy atom. The maximum atomic E-state index is 12.6. The van der Waals surface area contributed by atoms with Gasteiger partial charge in [-0.3, -0.25) is 0 Å². The third kappa shape index (κ3) is 4.37. The van der Waals surface area contributed by atoms with Gasteiger partial charge in [0.2, 0.25) is 0 Å². The van der Waals surface area contributed by atoms with E-state index >= 15 is 0 Å². The zero-order valence-corrected chi connectivity index (χ0v) is 16.4. The van der Waals surface area contributed by atoms with Gasteiger partial charge in [0.25, 0.3) is 0 Å². The van der Waals surface area contributed by atoms with E-state index in [4.69, 9.17) is 0 Å². The number of pyridine rings is 1. The Morgan fingerprint density at radius 2 is 1.82 bits per heavy atom. The van der Waals surface area contributed by atoms with Crippen molar-refractivity contribution in [3.63, 3.8) is 0 Å². The first-order chi connectivity index (χ1) is 13.7. The molecule has 0 spiro atoms. The number of rotatable bonds is 6. The molecule has 1 fully saturated rings. The smallest absolute Gasteiger partial charge is 0.319 e. The van der Waals surface area contributed by atoms with Crippen LogP contribution in [-0.2, 0) is 11.3 Å². The highest BCUT2D eigenvalue weighted by molar-refractivity contribution is 7.98. The van der Waals surface area contributed by atoms with Crippen molar-refractivity contribution in [1.82, 2.24) is 10.3 Å². The van der Waals surface area contributed by atoms with Crippen molar-refractivity contribution in [3.05, 3.63) is 90.1 Å². The molecule has 2 N–H and O–H groups in total. The fraction of sp³-hybridized carbons (Fsp3) is 0.217. The van der Waals surface area contributed by atoms with E-state index in [-0.39, 0.29) is 11.6 Å². The maximum absolute atomic E-state index is 12.6. The average Bonchev–Trinajstić information content (AvgIpc) is 2.71.